The monoisotopic (exact) mass is 155 g/mol. The number of hydrogen-bond donors (Lipinski definition) is 1. The highest BCUT2D eigenvalue weighted by molar-refractivity contribution is 4.91. The van der Waals surface area contributed by atoms with Gasteiger partial charge in [0, 0.05) is 12.1 Å². The normalized spacial score (nSPS) is 44.7. The van der Waals surface area contributed by atoms with Crippen LogP contribution in [0.3, 0.4) is 0 Å². The third-order valence-corrected chi connectivity index (χ3v) is 3.37. The first-order chi connectivity index (χ1) is 5.20. The Morgan fingerprint density at radius 1 is 1.09 bits per heavy atom. The molecule has 0 aromatic rings. The molecule has 0 aliphatic carbocycles. The zero-order chi connectivity index (χ0) is 8.43. The van der Waals surface area contributed by atoms with Crippen molar-refractivity contribution >= 4 is 0 Å². The molecular weight excluding hydrogens is 134 g/mol. The third kappa shape index (κ3) is 1.58. The molecular formula is C10H21N. The molecule has 1 rings (SSSR count). The van der Waals surface area contributed by atoms with Crippen molar-refractivity contribution in [2.24, 2.45) is 11.8 Å². The van der Waals surface area contributed by atoms with Gasteiger partial charge in [0.1, 0.15) is 0 Å². The minimum atomic E-state index is 0.727. The van der Waals surface area contributed by atoms with Crippen molar-refractivity contribution in [1.82, 2.24) is 5.32 Å². The molecule has 0 aromatic carbocycles. The van der Waals surface area contributed by atoms with Crippen LogP contribution in [0.4, 0.5) is 0 Å². The molecule has 0 aromatic heterocycles. The highest BCUT2D eigenvalue weighted by Gasteiger charge is 2.35. The fourth-order valence-corrected chi connectivity index (χ4v) is 2.43. The van der Waals surface area contributed by atoms with E-state index in [0.717, 1.165) is 23.9 Å². The molecule has 11 heavy (non-hydrogen) atoms. The molecule has 66 valence electrons. The maximum Gasteiger partial charge on any atom is 0.00983 e. The first kappa shape index (κ1) is 9.05. The van der Waals surface area contributed by atoms with E-state index in [0.29, 0.717) is 0 Å². The fraction of sp³-hybridized carbons (Fsp3) is 1.00. The summed E-state index contributed by atoms with van der Waals surface area (Å²) in [5.41, 5.74) is 0. The van der Waals surface area contributed by atoms with Crippen LogP contribution in [-0.4, -0.2) is 12.1 Å². The molecule has 0 radical (unpaired) electrons. The average Bonchev–Trinajstić information content (AvgIpc) is 2.28. The quantitative estimate of drug-likeness (QED) is 0.645. The molecule has 1 heterocycles. The number of rotatable bonds is 2. The number of nitrogens with one attached hydrogen (secondary N) is 1. The molecule has 1 saturated heterocycles. The second-order valence-electron chi connectivity index (χ2n) is 3.90. The van der Waals surface area contributed by atoms with E-state index in [-0.39, 0.29) is 0 Å². The first-order valence-electron chi connectivity index (χ1n) is 4.96. The fourth-order valence-electron chi connectivity index (χ4n) is 2.43. The Bertz CT molecular complexity index is 122. The Hall–Kier alpha value is -0.0400. The van der Waals surface area contributed by atoms with Crippen molar-refractivity contribution < 1.29 is 0 Å². The van der Waals surface area contributed by atoms with Crippen molar-refractivity contribution in [3.63, 3.8) is 0 Å². The van der Waals surface area contributed by atoms with Crippen LogP contribution in [-0.2, 0) is 0 Å². The maximum atomic E-state index is 3.65. The molecule has 4 atom stereocenters. The molecule has 1 aliphatic rings. The molecule has 1 aliphatic heterocycles. The number of hydrogen-bond acceptors (Lipinski definition) is 1. The van der Waals surface area contributed by atoms with Crippen molar-refractivity contribution in [3.8, 4) is 0 Å². The van der Waals surface area contributed by atoms with Crippen LogP contribution in [0.2, 0.25) is 0 Å². The molecule has 1 fully saturated rings. The van der Waals surface area contributed by atoms with Crippen molar-refractivity contribution in [2.45, 2.75) is 52.6 Å². The second kappa shape index (κ2) is 3.57. The molecule has 1 heteroatoms. The van der Waals surface area contributed by atoms with Gasteiger partial charge in [0.05, 0.1) is 0 Å². The summed E-state index contributed by atoms with van der Waals surface area (Å²) in [5, 5.41) is 3.65. The van der Waals surface area contributed by atoms with E-state index in [1.54, 1.807) is 0 Å². The molecule has 0 saturated carbocycles. The Labute approximate surface area is 70.6 Å². The van der Waals surface area contributed by atoms with Gasteiger partial charge < -0.3 is 5.32 Å². The van der Waals surface area contributed by atoms with Crippen molar-refractivity contribution in [2.75, 3.05) is 0 Å². The topological polar surface area (TPSA) is 12.0 Å². The van der Waals surface area contributed by atoms with E-state index >= 15 is 0 Å². The Morgan fingerprint density at radius 3 is 2.09 bits per heavy atom. The van der Waals surface area contributed by atoms with Crippen LogP contribution in [0.15, 0.2) is 0 Å². The Kier molecular flexibility index (Phi) is 2.94. The van der Waals surface area contributed by atoms with Gasteiger partial charge in [-0.25, -0.2) is 0 Å². The van der Waals surface area contributed by atoms with Gasteiger partial charge in [-0.05, 0) is 25.2 Å². The summed E-state index contributed by atoms with van der Waals surface area (Å²) < 4.78 is 0. The lowest BCUT2D eigenvalue weighted by atomic mass is 9.86. The van der Waals surface area contributed by atoms with Gasteiger partial charge in [-0.3, -0.25) is 0 Å². The van der Waals surface area contributed by atoms with Gasteiger partial charge in [-0.1, -0.05) is 27.2 Å². The van der Waals surface area contributed by atoms with Crippen LogP contribution >= 0.6 is 0 Å². The summed E-state index contributed by atoms with van der Waals surface area (Å²) in [6, 6.07) is 1.51. The molecule has 0 amide bonds. The average molecular weight is 155 g/mol. The van der Waals surface area contributed by atoms with E-state index in [9.17, 15) is 0 Å². The lowest BCUT2D eigenvalue weighted by molar-refractivity contribution is 0.353. The third-order valence-electron chi connectivity index (χ3n) is 3.37. The smallest absolute Gasteiger partial charge is 0.00983 e. The van der Waals surface area contributed by atoms with E-state index in [4.69, 9.17) is 0 Å². The highest BCUT2D eigenvalue weighted by atomic mass is 15.0. The van der Waals surface area contributed by atoms with E-state index in [2.05, 4.69) is 33.0 Å². The van der Waals surface area contributed by atoms with Crippen LogP contribution in [0.25, 0.3) is 0 Å². The Morgan fingerprint density at radius 2 is 1.73 bits per heavy atom. The van der Waals surface area contributed by atoms with Crippen LogP contribution < -0.4 is 5.32 Å². The van der Waals surface area contributed by atoms with Crippen molar-refractivity contribution in [1.29, 1.82) is 0 Å². The van der Waals surface area contributed by atoms with Gasteiger partial charge in [0.2, 0.25) is 0 Å². The summed E-state index contributed by atoms with van der Waals surface area (Å²) in [4.78, 5) is 0. The van der Waals surface area contributed by atoms with Crippen molar-refractivity contribution in [3.05, 3.63) is 0 Å². The summed E-state index contributed by atoms with van der Waals surface area (Å²) in [5.74, 6) is 1.78. The lowest BCUT2D eigenvalue weighted by Gasteiger charge is -2.18. The standard InChI is InChI=1S/C10H21N/c1-5-9-7(3)8(4)11-10(9)6-2/h7-11H,5-6H2,1-4H3. The van der Waals surface area contributed by atoms with Gasteiger partial charge >= 0.3 is 0 Å². The molecule has 4 unspecified atom stereocenters. The molecule has 1 nitrogen and oxygen atoms in total. The largest absolute Gasteiger partial charge is 0.311 e. The van der Waals surface area contributed by atoms with E-state index in [1.165, 1.54) is 12.8 Å². The molecule has 0 bridgehead atoms. The highest BCUT2D eigenvalue weighted by Crippen LogP contribution is 2.30. The summed E-state index contributed by atoms with van der Waals surface area (Å²) in [6.45, 7) is 9.28. The summed E-state index contributed by atoms with van der Waals surface area (Å²) in [6.07, 6.45) is 2.62. The minimum absolute atomic E-state index is 0.727. The van der Waals surface area contributed by atoms with Crippen LogP contribution in [0.1, 0.15) is 40.5 Å². The summed E-state index contributed by atoms with van der Waals surface area (Å²) in [7, 11) is 0. The van der Waals surface area contributed by atoms with E-state index in [1.807, 2.05) is 0 Å². The second-order valence-corrected chi connectivity index (χ2v) is 3.90. The zero-order valence-corrected chi connectivity index (χ0v) is 8.22. The predicted molar refractivity (Wildman–Crippen MR) is 49.6 cm³/mol. The minimum Gasteiger partial charge on any atom is -0.311 e. The zero-order valence-electron chi connectivity index (χ0n) is 8.22. The Balaban J connectivity index is 2.57. The lowest BCUT2D eigenvalue weighted by Crippen LogP contribution is -2.29. The van der Waals surface area contributed by atoms with E-state index < -0.39 is 0 Å². The van der Waals surface area contributed by atoms with Gasteiger partial charge in [0.15, 0.2) is 0 Å². The summed E-state index contributed by atoms with van der Waals surface area (Å²) >= 11 is 0. The SMILES string of the molecule is CCC1NC(C)C(C)C1CC. The maximum absolute atomic E-state index is 3.65. The predicted octanol–water partition coefficient (Wildman–Crippen LogP) is 2.42. The molecule has 0 spiro atoms. The van der Waals surface area contributed by atoms with Gasteiger partial charge in [-0.2, -0.15) is 0 Å². The van der Waals surface area contributed by atoms with Crippen LogP contribution in [0.5, 0.6) is 0 Å². The first-order valence-corrected chi connectivity index (χ1v) is 4.96. The van der Waals surface area contributed by atoms with Gasteiger partial charge in [0.25, 0.3) is 0 Å². The van der Waals surface area contributed by atoms with Gasteiger partial charge in [-0.15, -0.1) is 0 Å². The van der Waals surface area contributed by atoms with Crippen LogP contribution in [0, 0.1) is 11.8 Å². The molecule has 1 N–H and O–H groups in total.